The fourth-order valence-corrected chi connectivity index (χ4v) is 2.74. The van der Waals surface area contributed by atoms with Crippen LogP contribution in [0.5, 0.6) is 0 Å². The van der Waals surface area contributed by atoms with Crippen molar-refractivity contribution >= 4 is 6.03 Å². The number of pyridine rings is 1. The van der Waals surface area contributed by atoms with Crippen LogP contribution in [-0.2, 0) is 7.05 Å². The lowest BCUT2D eigenvalue weighted by Gasteiger charge is -2.31. The van der Waals surface area contributed by atoms with E-state index in [4.69, 9.17) is 0 Å². The first-order valence-corrected chi connectivity index (χ1v) is 7.89. The Labute approximate surface area is 136 Å². The number of hydrogen-bond donors (Lipinski definition) is 1. The zero-order valence-electron chi connectivity index (χ0n) is 14.1. The molecule has 2 atom stereocenters. The van der Waals surface area contributed by atoms with Gasteiger partial charge < -0.3 is 14.8 Å². The minimum atomic E-state index is -0.209. The van der Waals surface area contributed by atoms with Gasteiger partial charge in [-0.05, 0) is 38.0 Å². The number of rotatable bonds is 6. The molecular weight excluding hydrogens is 292 g/mol. The Balaban J connectivity index is 2.13. The monoisotopic (exact) mass is 316 g/mol. The van der Waals surface area contributed by atoms with Gasteiger partial charge in [-0.15, -0.1) is 10.2 Å². The van der Waals surface area contributed by atoms with E-state index in [1.54, 1.807) is 23.3 Å². The average molecular weight is 316 g/mol. The SMILES string of the molecule is CC[C@H](c1ccncc1)N(CC)C(=O)N[C@@H](C)c1nncn1C. The van der Waals surface area contributed by atoms with Gasteiger partial charge in [-0.2, -0.15) is 0 Å². The maximum atomic E-state index is 12.7. The van der Waals surface area contributed by atoms with Crippen LogP contribution in [0.3, 0.4) is 0 Å². The highest BCUT2D eigenvalue weighted by Gasteiger charge is 2.24. The molecule has 124 valence electrons. The molecule has 0 radical (unpaired) electrons. The zero-order valence-corrected chi connectivity index (χ0v) is 14.1. The van der Waals surface area contributed by atoms with Crippen LogP contribution in [0.15, 0.2) is 30.9 Å². The van der Waals surface area contributed by atoms with Crippen molar-refractivity contribution in [2.75, 3.05) is 6.54 Å². The molecule has 0 aliphatic rings. The Bertz CT molecular complexity index is 627. The molecule has 0 aliphatic heterocycles. The molecule has 7 heteroatoms. The number of carbonyl (C=O) groups is 1. The van der Waals surface area contributed by atoms with Gasteiger partial charge in [-0.1, -0.05) is 6.92 Å². The summed E-state index contributed by atoms with van der Waals surface area (Å²) in [6.07, 6.45) is 5.98. The molecule has 2 aromatic heterocycles. The lowest BCUT2D eigenvalue weighted by atomic mass is 10.0. The second-order valence-corrected chi connectivity index (χ2v) is 5.46. The number of aromatic nitrogens is 4. The third-order valence-corrected chi connectivity index (χ3v) is 3.93. The van der Waals surface area contributed by atoms with Crippen molar-refractivity contribution in [2.45, 2.75) is 39.3 Å². The van der Waals surface area contributed by atoms with Crippen LogP contribution < -0.4 is 5.32 Å². The highest BCUT2D eigenvalue weighted by atomic mass is 16.2. The number of urea groups is 1. The van der Waals surface area contributed by atoms with Gasteiger partial charge in [0, 0.05) is 26.0 Å². The van der Waals surface area contributed by atoms with Gasteiger partial charge in [0.05, 0.1) is 12.1 Å². The summed E-state index contributed by atoms with van der Waals surface area (Å²) < 4.78 is 1.81. The van der Waals surface area contributed by atoms with Gasteiger partial charge in [-0.3, -0.25) is 4.98 Å². The van der Waals surface area contributed by atoms with E-state index in [0.717, 1.165) is 17.8 Å². The number of aryl methyl sites for hydroxylation is 1. The Morgan fingerprint density at radius 1 is 1.35 bits per heavy atom. The zero-order chi connectivity index (χ0) is 16.8. The number of carbonyl (C=O) groups excluding carboxylic acids is 1. The second-order valence-electron chi connectivity index (χ2n) is 5.46. The topological polar surface area (TPSA) is 75.9 Å². The number of nitrogens with zero attached hydrogens (tertiary/aromatic N) is 5. The first kappa shape index (κ1) is 16.9. The molecule has 23 heavy (non-hydrogen) atoms. The molecule has 0 saturated heterocycles. The molecule has 2 amide bonds. The Morgan fingerprint density at radius 3 is 2.57 bits per heavy atom. The summed E-state index contributed by atoms with van der Waals surface area (Å²) in [5.41, 5.74) is 1.09. The van der Waals surface area contributed by atoms with Crippen LogP contribution in [0.4, 0.5) is 4.79 Å². The highest BCUT2D eigenvalue weighted by molar-refractivity contribution is 5.75. The fraction of sp³-hybridized carbons (Fsp3) is 0.500. The van der Waals surface area contributed by atoms with Crippen LogP contribution in [0.1, 0.15) is 50.7 Å². The normalized spacial score (nSPS) is 13.4. The van der Waals surface area contributed by atoms with Crippen LogP contribution in [0.2, 0.25) is 0 Å². The Morgan fingerprint density at radius 2 is 2.04 bits per heavy atom. The third-order valence-electron chi connectivity index (χ3n) is 3.93. The Kier molecular flexibility index (Phi) is 5.67. The van der Waals surface area contributed by atoms with Crippen LogP contribution in [0.25, 0.3) is 0 Å². The summed E-state index contributed by atoms with van der Waals surface area (Å²) in [6.45, 7) is 6.59. The molecule has 2 heterocycles. The summed E-state index contributed by atoms with van der Waals surface area (Å²) in [5.74, 6) is 0.728. The molecule has 2 rings (SSSR count). The van der Waals surface area contributed by atoms with Gasteiger partial charge in [0.2, 0.25) is 0 Å². The van der Waals surface area contributed by atoms with Crippen molar-refractivity contribution in [1.82, 2.24) is 30.0 Å². The van der Waals surface area contributed by atoms with E-state index in [-0.39, 0.29) is 18.1 Å². The maximum Gasteiger partial charge on any atom is 0.318 e. The summed E-state index contributed by atoms with van der Waals surface area (Å²) in [4.78, 5) is 18.6. The van der Waals surface area contributed by atoms with E-state index >= 15 is 0 Å². The predicted octanol–water partition coefficient (Wildman–Crippen LogP) is 2.45. The minimum Gasteiger partial charge on any atom is -0.328 e. The fourth-order valence-electron chi connectivity index (χ4n) is 2.74. The van der Waals surface area contributed by atoms with Gasteiger partial charge in [0.15, 0.2) is 5.82 Å². The molecule has 0 saturated carbocycles. The molecule has 0 aliphatic carbocycles. The largest absolute Gasteiger partial charge is 0.328 e. The molecule has 0 spiro atoms. The summed E-state index contributed by atoms with van der Waals surface area (Å²) >= 11 is 0. The highest BCUT2D eigenvalue weighted by Crippen LogP contribution is 2.24. The first-order valence-electron chi connectivity index (χ1n) is 7.89. The standard InChI is InChI=1S/C16H24N6O/c1-5-14(13-7-9-17-10-8-13)22(6-2)16(23)19-12(3)15-20-18-11-21(15)4/h7-12,14H,5-6H2,1-4H3,(H,19,23)/t12-,14+/m0/s1. The smallest absolute Gasteiger partial charge is 0.318 e. The van der Waals surface area contributed by atoms with E-state index in [9.17, 15) is 4.79 Å². The molecule has 0 fully saturated rings. The first-order chi connectivity index (χ1) is 11.1. The molecule has 0 unspecified atom stereocenters. The van der Waals surface area contributed by atoms with Gasteiger partial charge >= 0.3 is 6.03 Å². The molecule has 2 aromatic rings. The summed E-state index contributed by atoms with van der Waals surface area (Å²) in [5, 5.41) is 10.9. The van der Waals surface area contributed by atoms with Crippen molar-refractivity contribution in [3.63, 3.8) is 0 Å². The molecular formula is C16H24N6O. The second kappa shape index (κ2) is 7.71. The van der Waals surface area contributed by atoms with Crippen molar-refractivity contribution in [3.8, 4) is 0 Å². The van der Waals surface area contributed by atoms with Gasteiger partial charge in [0.1, 0.15) is 6.33 Å². The quantitative estimate of drug-likeness (QED) is 0.888. The lowest BCUT2D eigenvalue weighted by molar-refractivity contribution is 0.172. The van der Waals surface area contributed by atoms with Gasteiger partial charge in [-0.25, -0.2) is 4.79 Å². The van der Waals surface area contributed by atoms with Gasteiger partial charge in [0.25, 0.3) is 0 Å². The van der Waals surface area contributed by atoms with Crippen molar-refractivity contribution in [2.24, 2.45) is 7.05 Å². The van der Waals surface area contributed by atoms with Crippen LogP contribution in [0, 0.1) is 0 Å². The lowest BCUT2D eigenvalue weighted by Crippen LogP contribution is -2.43. The maximum absolute atomic E-state index is 12.7. The van der Waals surface area contributed by atoms with E-state index in [1.807, 2.05) is 37.9 Å². The van der Waals surface area contributed by atoms with Crippen molar-refractivity contribution < 1.29 is 4.79 Å². The van der Waals surface area contributed by atoms with E-state index in [0.29, 0.717) is 6.54 Å². The number of hydrogen-bond acceptors (Lipinski definition) is 4. The average Bonchev–Trinajstić information content (AvgIpc) is 2.99. The number of nitrogens with one attached hydrogen (secondary N) is 1. The van der Waals surface area contributed by atoms with E-state index in [2.05, 4.69) is 27.4 Å². The van der Waals surface area contributed by atoms with Crippen molar-refractivity contribution in [3.05, 3.63) is 42.2 Å². The summed E-state index contributed by atoms with van der Waals surface area (Å²) in [7, 11) is 1.86. The Hall–Kier alpha value is -2.44. The third kappa shape index (κ3) is 3.85. The van der Waals surface area contributed by atoms with Crippen molar-refractivity contribution in [1.29, 1.82) is 0 Å². The molecule has 1 N–H and O–H groups in total. The van der Waals surface area contributed by atoms with E-state index in [1.165, 1.54) is 0 Å². The van der Waals surface area contributed by atoms with Crippen LogP contribution >= 0.6 is 0 Å². The molecule has 0 aromatic carbocycles. The predicted molar refractivity (Wildman–Crippen MR) is 87.6 cm³/mol. The minimum absolute atomic E-state index is 0.0229. The molecule has 0 bridgehead atoms. The molecule has 7 nitrogen and oxygen atoms in total. The summed E-state index contributed by atoms with van der Waals surface area (Å²) in [6, 6.07) is 3.62. The number of amides is 2. The van der Waals surface area contributed by atoms with Crippen LogP contribution in [-0.4, -0.2) is 37.2 Å². The van der Waals surface area contributed by atoms with E-state index < -0.39 is 0 Å².